The van der Waals surface area contributed by atoms with E-state index in [-0.39, 0.29) is 0 Å². The van der Waals surface area contributed by atoms with Crippen LogP contribution in [-0.2, 0) is 6.54 Å². The number of rotatable bonds is 3. The summed E-state index contributed by atoms with van der Waals surface area (Å²) in [7, 11) is 4.22. The van der Waals surface area contributed by atoms with Crippen molar-refractivity contribution >= 4 is 0 Å². The minimum absolute atomic E-state index is 0.978. The predicted octanol–water partition coefficient (Wildman–Crippen LogP) is 3.72. The van der Waals surface area contributed by atoms with Gasteiger partial charge in [0.15, 0.2) is 0 Å². The van der Waals surface area contributed by atoms with Gasteiger partial charge in [-0.25, -0.2) is 0 Å². The van der Waals surface area contributed by atoms with Gasteiger partial charge < -0.3 is 4.90 Å². The summed E-state index contributed by atoms with van der Waals surface area (Å²) in [5.74, 6) is 0. The lowest BCUT2D eigenvalue weighted by Crippen LogP contribution is -2.11. The smallest absolute Gasteiger partial charge is 0.0233 e. The summed E-state index contributed by atoms with van der Waals surface area (Å²) in [6, 6.07) is 17.3. The van der Waals surface area contributed by atoms with Crippen LogP contribution in [0.25, 0.3) is 11.1 Å². The van der Waals surface area contributed by atoms with Crippen molar-refractivity contribution in [3.63, 3.8) is 0 Å². The summed E-state index contributed by atoms with van der Waals surface area (Å²) in [6.45, 7) is 3.12. The number of hydrogen-bond donors (Lipinski definition) is 0. The molecular formula is C16H19N. The second-order valence-corrected chi connectivity index (χ2v) is 4.76. The van der Waals surface area contributed by atoms with Crippen molar-refractivity contribution in [1.82, 2.24) is 4.90 Å². The second-order valence-electron chi connectivity index (χ2n) is 4.76. The van der Waals surface area contributed by atoms with Gasteiger partial charge in [0, 0.05) is 6.54 Å². The molecule has 0 spiro atoms. The Bertz CT molecular complexity index is 486. The van der Waals surface area contributed by atoms with E-state index in [2.05, 4.69) is 74.4 Å². The molecule has 0 saturated heterocycles. The van der Waals surface area contributed by atoms with Gasteiger partial charge in [-0.3, -0.25) is 0 Å². The molecule has 0 aliphatic carbocycles. The van der Waals surface area contributed by atoms with Crippen LogP contribution < -0.4 is 0 Å². The second kappa shape index (κ2) is 5.15. The molecule has 88 valence electrons. The fraction of sp³-hybridized carbons (Fsp3) is 0.250. The fourth-order valence-electron chi connectivity index (χ4n) is 2.09. The maximum Gasteiger partial charge on any atom is 0.0233 e. The third kappa shape index (κ3) is 2.95. The van der Waals surface area contributed by atoms with Crippen molar-refractivity contribution < 1.29 is 0 Å². The number of benzene rings is 2. The van der Waals surface area contributed by atoms with Crippen LogP contribution in [0.1, 0.15) is 11.1 Å². The molecule has 0 aromatic heterocycles. The van der Waals surface area contributed by atoms with E-state index in [1.54, 1.807) is 0 Å². The summed E-state index contributed by atoms with van der Waals surface area (Å²) in [5, 5.41) is 0. The average Bonchev–Trinajstić information content (AvgIpc) is 2.29. The first-order valence-electron chi connectivity index (χ1n) is 5.96. The Hall–Kier alpha value is -1.60. The van der Waals surface area contributed by atoms with E-state index in [4.69, 9.17) is 0 Å². The number of nitrogens with zero attached hydrogens (tertiary/aromatic N) is 1. The molecule has 0 unspecified atom stereocenters. The van der Waals surface area contributed by atoms with Gasteiger partial charge in [0.05, 0.1) is 0 Å². The Morgan fingerprint density at radius 3 is 2.29 bits per heavy atom. The van der Waals surface area contributed by atoms with Gasteiger partial charge >= 0.3 is 0 Å². The minimum Gasteiger partial charge on any atom is -0.305 e. The third-order valence-corrected chi connectivity index (χ3v) is 2.83. The highest BCUT2D eigenvalue weighted by Gasteiger charge is 2.05. The zero-order valence-electron chi connectivity index (χ0n) is 10.8. The normalized spacial score (nSPS) is 10.8. The van der Waals surface area contributed by atoms with E-state index in [0.717, 1.165) is 6.54 Å². The number of aryl methyl sites for hydroxylation is 1. The van der Waals surface area contributed by atoms with Crippen LogP contribution in [0.5, 0.6) is 0 Å². The third-order valence-electron chi connectivity index (χ3n) is 2.83. The molecule has 0 aliphatic heterocycles. The predicted molar refractivity (Wildman–Crippen MR) is 74.0 cm³/mol. The zero-order chi connectivity index (χ0) is 12.3. The molecule has 0 atom stereocenters. The lowest BCUT2D eigenvalue weighted by atomic mass is 9.97. The van der Waals surface area contributed by atoms with Crippen LogP contribution in [0.3, 0.4) is 0 Å². The van der Waals surface area contributed by atoms with Crippen LogP contribution in [0, 0.1) is 6.92 Å². The van der Waals surface area contributed by atoms with E-state index >= 15 is 0 Å². The molecule has 0 saturated carbocycles. The molecule has 1 heteroatoms. The summed E-state index contributed by atoms with van der Waals surface area (Å²) < 4.78 is 0. The first-order chi connectivity index (χ1) is 8.16. The first-order valence-corrected chi connectivity index (χ1v) is 5.96. The van der Waals surface area contributed by atoms with Crippen molar-refractivity contribution in [3.05, 3.63) is 59.7 Å². The van der Waals surface area contributed by atoms with Gasteiger partial charge in [-0.05, 0) is 37.7 Å². The Morgan fingerprint density at radius 1 is 0.941 bits per heavy atom. The quantitative estimate of drug-likeness (QED) is 0.769. The SMILES string of the molecule is Cc1ccc(-c2ccccc2)c(CN(C)C)c1. The molecule has 0 bridgehead atoms. The lowest BCUT2D eigenvalue weighted by Gasteiger charge is -2.15. The summed E-state index contributed by atoms with van der Waals surface area (Å²) in [5.41, 5.74) is 5.34. The van der Waals surface area contributed by atoms with Crippen LogP contribution >= 0.6 is 0 Å². The van der Waals surface area contributed by atoms with Gasteiger partial charge in [0.25, 0.3) is 0 Å². The lowest BCUT2D eigenvalue weighted by molar-refractivity contribution is 0.403. The van der Waals surface area contributed by atoms with Crippen molar-refractivity contribution in [3.8, 4) is 11.1 Å². The Labute approximate surface area is 104 Å². The molecule has 2 aromatic rings. The van der Waals surface area contributed by atoms with E-state index in [9.17, 15) is 0 Å². The van der Waals surface area contributed by atoms with Crippen molar-refractivity contribution in [2.75, 3.05) is 14.1 Å². The zero-order valence-corrected chi connectivity index (χ0v) is 10.8. The van der Waals surface area contributed by atoms with Crippen LogP contribution in [0.15, 0.2) is 48.5 Å². The fourth-order valence-corrected chi connectivity index (χ4v) is 2.09. The van der Waals surface area contributed by atoms with E-state index in [1.165, 1.54) is 22.3 Å². The average molecular weight is 225 g/mol. The Morgan fingerprint density at radius 2 is 1.65 bits per heavy atom. The Kier molecular flexibility index (Phi) is 3.60. The monoisotopic (exact) mass is 225 g/mol. The highest BCUT2D eigenvalue weighted by molar-refractivity contribution is 5.67. The van der Waals surface area contributed by atoms with Crippen LogP contribution in [0.4, 0.5) is 0 Å². The van der Waals surface area contributed by atoms with Crippen molar-refractivity contribution in [1.29, 1.82) is 0 Å². The molecule has 1 nitrogen and oxygen atoms in total. The molecule has 0 amide bonds. The molecule has 0 heterocycles. The van der Waals surface area contributed by atoms with Gasteiger partial charge in [-0.15, -0.1) is 0 Å². The highest BCUT2D eigenvalue weighted by Crippen LogP contribution is 2.25. The maximum atomic E-state index is 2.28. The van der Waals surface area contributed by atoms with Gasteiger partial charge in [-0.2, -0.15) is 0 Å². The molecule has 0 aliphatic rings. The molecule has 2 aromatic carbocycles. The maximum absolute atomic E-state index is 2.28. The summed E-state index contributed by atoms with van der Waals surface area (Å²) in [4.78, 5) is 2.21. The van der Waals surface area contributed by atoms with E-state index in [0.29, 0.717) is 0 Å². The van der Waals surface area contributed by atoms with Gasteiger partial charge in [0.1, 0.15) is 0 Å². The molecular weight excluding hydrogens is 206 g/mol. The first kappa shape index (κ1) is 11.9. The highest BCUT2D eigenvalue weighted by atomic mass is 15.0. The van der Waals surface area contributed by atoms with Crippen LogP contribution in [0.2, 0.25) is 0 Å². The molecule has 0 N–H and O–H groups in total. The molecule has 17 heavy (non-hydrogen) atoms. The number of hydrogen-bond acceptors (Lipinski definition) is 1. The van der Waals surface area contributed by atoms with E-state index in [1.807, 2.05) is 0 Å². The van der Waals surface area contributed by atoms with Crippen LogP contribution in [-0.4, -0.2) is 19.0 Å². The largest absolute Gasteiger partial charge is 0.305 e. The van der Waals surface area contributed by atoms with Gasteiger partial charge in [0.2, 0.25) is 0 Å². The van der Waals surface area contributed by atoms with Crippen molar-refractivity contribution in [2.24, 2.45) is 0 Å². The van der Waals surface area contributed by atoms with Crippen molar-refractivity contribution in [2.45, 2.75) is 13.5 Å². The molecule has 0 fully saturated rings. The van der Waals surface area contributed by atoms with E-state index < -0.39 is 0 Å². The standard InChI is InChI=1S/C16H19N/c1-13-9-10-16(14-7-5-4-6-8-14)15(11-13)12-17(2)3/h4-11H,12H2,1-3H3. The van der Waals surface area contributed by atoms with Gasteiger partial charge in [-0.1, -0.05) is 54.1 Å². The topological polar surface area (TPSA) is 3.24 Å². The molecule has 0 radical (unpaired) electrons. The molecule has 2 rings (SSSR count). The summed E-state index contributed by atoms with van der Waals surface area (Å²) >= 11 is 0. The Balaban J connectivity index is 2.46. The summed E-state index contributed by atoms with van der Waals surface area (Å²) in [6.07, 6.45) is 0. The minimum atomic E-state index is 0.978.